The summed E-state index contributed by atoms with van der Waals surface area (Å²) < 4.78 is 52.8. The molecule has 9 nitrogen and oxygen atoms in total. The molecule has 0 spiro atoms. The highest BCUT2D eigenvalue weighted by atomic mass is 32.2. The number of aromatic nitrogens is 1. The Hall–Kier alpha value is -3.57. The smallest absolute Gasteiger partial charge is 0.317 e. The SMILES string of the molecule is COc1ccc(S(=O)(=O)N2CCC3=CC(Nc4ccc(F)cc4)=C(C=N)C[C@]3(C(=O)OCC3CCC3)C2)cn1. The monoisotopic (exact) mass is 554 g/mol. The summed E-state index contributed by atoms with van der Waals surface area (Å²) in [6.07, 6.45) is 7.76. The van der Waals surface area contributed by atoms with Gasteiger partial charge in [-0.25, -0.2) is 17.8 Å². The maximum absolute atomic E-state index is 13.8. The van der Waals surface area contributed by atoms with Gasteiger partial charge in [0.1, 0.15) is 16.1 Å². The molecule has 1 atom stereocenters. The van der Waals surface area contributed by atoms with E-state index in [4.69, 9.17) is 14.9 Å². The second kappa shape index (κ2) is 10.9. The van der Waals surface area contributed by atoms with Gasteiger partial charge in [0.15, 0.2) is 0 Å². The maximum atomic E-state index is 13.8. The van der Waals surface area contributed by atoms with E-state index in [-0.39, 0.29) is 30.2 Å². The van der Waals surface area contributed by atoms with E-state index in [0.717, 1.165) is 24.8 Å². The Bertz CT molecular complexity index is 1420. The van der Waals surface area contributed by atoms with Crippen LogP contribution in [0.25, 0.3) is 0 Å². The van der Waals surface area contributed by atoms with Gasteiger partial charge in [-0.1, -0.05) is 6.42 Å². The molecule has 2 N–H and O–H groups in total. The minimum Gasteiger partial charge on any atom is -0.481 e. The number of allylic oxidation sites excluding steroid dienone is 2. The first-order valence-corrected chi connectivity index (χ1v) is 14.3. The fourth-order valence-electron chi connectivity index (χ4n) is 5.22. The Morgan fingerprint density at radius 1 is 1.26 bits per heavy atom. The van der Waals surface area contributed by atoms with Crippen molar-refractivity contribution in [2.45, 2.75) is 37.0 Å². The topological polar surface area (TPSA) is 122 Å². The van der Waals surface area contributed by atoms with Crippen LogP contribution in [0.4, 0.5) is 10.1 Å². The molecule has 0 bridgehead atoms. The van der Waals surface area contributed by atoms with Gasteiger partial charge in [0.05, 0.1) is 19.9 Å². The Morgan fingerprint density at radius 3 is 2.64 bits per heavy atom. The zero-order valence-electron chi connectivity index (χ0n) is 21.7. The predicted molar refractivity (Wildman–Crippen MR) is 143 cm³/mol. The van der Waals surface area contributed by atoms with Crippen molar-refractivity contribution in [3.05, 3.63) is 71.3 Å². The van der Waals surface area contributed by atoms with Crippen LogP contribution in [-0.4, -0.2) is 56.7 Å². The molecule has 0 amide bonds. The van der Waals surface area contributed by atoms with Crippen LogP contribution in [0.3, 0.4) is 0 Å². The Labute approximate surface area is 227 Å². The molecule has 2 fully saturated rings. The minimum absolute atomic E-state index is 0.00556. The summed E-state index contributed by atoms with van der Waals surface area (Å²) in [5.41, 5.74) is 1.25. The number of hydrogen-bond donors (Lipinski definition) is 2. The molecular formula is C28H31FN4O5S. The number of ether oxygens (including phenoxy) is 2. The standard InChI is InChI=1S/C28H31FN4O5S/c1-37-26-10-9-24(16-31-26)39(35,36)33-12-11-21-13-25(32-23-7-5-22(29)6-8-23)20(15-30)14-28(21,18-33)27(34)38-17-19-3-2-4-19/h5-10,13,15-16,19,30,32H,2-4,11-12,14,17-18H2,1H3/t28-/m0/s1. The molecule has 1 aromatic heterocycles. The molecule has 2 aromatic rings. The summed E-state index contributed by atoms with van der Waals surface area (Å²) in [5, 5.41) is 11.3. The second-order valence-electron chi connectivity index (χ2n) is 10.2. The van der Waals surface area contributed by atoms with E-state index >= 15 is 0 Å². The lowest BCUT2D eigenvalue weighted by molar-refractivity contribution is -0.157. The van der Waals surface area contributed by atoms with Crippen LogP contribution in [0.5, 0.6) is 5.88 Å². The molecule has 2 aliphatic carbocycles. The summed E-state index contributed by atoms with van der Waals surface area (Å²) in [7, 11) is -2.52. The average molecular weight is 555 g/mol. The summed E-state index contributed by atoms with van der Waals surface area (Å²) in [6, 6.07) is 8.77. The van der Waals surface area contributed by atoms with Crippen molar-refractivity contribution in [2.75, 3.05) is 32.1 Å². The van der Waals surface area contributed by atoms with E-state index in [1.54, 1.807) is 12.1 Å². The quantitative estimate of drug-likeness (QED) is 0.350. The number of sulfonamides is 1. The number of esters is 1. The lowest BCUT2D eigenvalue weighted by Crippen LogP contribution is -2.53. The van der Waals surface area contributed by atoms with Crippen molar-refractivity contribution >= 4 is 27.9 Å². The van der Waals surface area contributed by atoms with Crippen LogP contribution in [0.1, 0.15) is 32.1 Å². The summed E-state index contributed by atoms with van der Waals surface area (Å²) in [4.78, 5) is 17.8. The first kappa shape index (κ1) is 27.0. The number of halogens is 1. The Balaban J connectivity index is 1.47. The largest absolute Gasteiger partial charge is 0.481 e. The fraction of sp³-hybridized carbons (Fsp3) is 0.393. The molecule has 39 heavy (non-hydrogen) atoms. The highest BCUT2D eigenvalue weighted by Crippen LogP contribution is 2.47. The lowest BCUT2D eigenvalue weighted by atomic mass is 9.68. The maximum Gasteiger partial charge on any atom is 0.317 e. The van der Waals surface area contributed by atoms with Gasteiger partial charge in [0, 0.05) is 36.8 Å². The summed E-state index contributed by atoms with van der Waals surface area (Å²) in [5.74, 6) is -0.224. The van der Waals surface area contributed by atoms with Crippen molar-refractivity contribution in [2.24, 2.45) is 11.3 Å². The second-order valence-corrected chi connectivity index (χ2v) is 12.1. The van der Waals surface area contributed by atoms with Gasteiger partial charge >= 0.3 is 5.97 Å². The Morgan fingerprint density at radius 2 is 2.03 bits per heavy atom. The van der Waals surface area contributed by atoms with E-state index in [2.05, 4.69) is 10.3 Å². The van der Waals surface area contributed by atoms with E-state index < -0.39 is 21.4 Å². The highest BCUT2D eigenvalue weighted by molar-refractivity contribution is 7.89. The van der Waals surface area contributed by atoms with Crippen LogP contribution >= 0.6 is 0 Å². The van der Waals surface area contributed by atoms with Gasteiger partial charge in [-0.05, 0) is 79.2 Å². The Kier molecular flexibility index (Phi) is 7.55. The zero-order chi connectivity index (χ0) is 27.6. The number of benzene rings is 1. The lowest BCUT2D eigenvalue weighted by Gasteiger charge is -2.45. The third kappa shape index (κ3) is 5.33. The third-order valence-electron chi connectivity index (χ3n) is 7.77. The molecule has 1 aromatic carbocycles. The highest BCUT2D eigenvalue weighted by Gasteiger charge is 2.52. The van der Waals surface area contributed by atoms with Crippen LogP contribution in [0.15, 0.2) is 70.4 Å². The van der Waals surface area contributed by atoms with Gasteiger partial charge in [-0.15, -0.1) is 0 Å². The fourth-order valence-corrected chi connectivity index (χ4v) is 6.67. The molecular weight excluding hydrogens is 523 g/mol. The van der Waals surface area contributed by atoms with Gasteiger partial charge in [0.25, 0.3) is 0 Å². The van der Waals surface area contributed by atoms with Gasteiger partial charge < -0.3 is 20.2 Å². The molecule has 1 saturated heterocycles. The van der Waals surface area contributed by atoms with E-state index in [0.29, 0.717) is 41.8 Å². The zero-order valence-corrected chi connectivity index (χ0v) is 22.5. The molecule has 0 radical (unpaired) electrons. The number of pyridine rings is 1. The van der Waals surface area contributed by atoms with E-state index in [1.807, 2.05) is 6.08 Å². The summed E-state index contributed by atoms with van der Waals surface area (Å²) in [6.45, 7) is 0.354. The van der Waals surface area contributed by atoms with Crippen LogP contribution in [0.2, 0.25) is 0 Å². The number of carbonyl (C=O) groups excluding carboxylic acids is 1. The van der Waals surface area contributed by atoms with Crippen molar-refractivity contribution in [3.63, 3.8) is 0 Å². The third-order valence-corrected chi connectivity index (χ3v) is 9.60. The molecule has 1 saturated carbocycles. The van der Waals surface area contributed by atoms with E-state index in [9.17, 15) is 17.6 Å². The van der Waals surface area contributed by atoms with Crippen LogP contribution in [0, 0.1) is 22.6 Å². The number of piperidine rings is 1. The number of nitrogens with zero attached hydrogens (tertiary/aromatic N) is 2. The van der Waals surface area contributed by atoms with Gasteiger partial charge in [0.2, 0.25) is 15.9 Å². The van der Waals surface area contributed by atoms with Crippen LogP contribution in [-0.2, 0) is 19.6 Å². The number of anilines is 1. The van der Waals surface area contributed by atoms with Crippen molar-refractivity contribution in [1.82, 2.24) is 9.29 Å². The first-order chi connectivity index (χ1) is 18.7. The molecule has 1 aliphatic heterocycles. The number of nitrogens with one attached hydrogen (secondary N) is 2. The normalized spacial score (nSPS) is 21.8. The van der Waals surface area contributed by atoms with Gasteiger partial charge in [-0.2, -0.15) is 4.31 Å². The molecule has 206 valence electrons. The first-order valence-electron chi connectivity index (χ1n) is 12.9. The minimum atomic E-state index is -3.97. The number of hydrogen-bond acceptors (Lipinski definition) is 8. The molecule has 3 aliphatic rings. The summed E-state index contributed by atoms with van der Waals surface area (Å²) >= 11 is 0. The molecule has 5 rings (SSSR count). The average Bonchev–Trinajstić information content (AvgIpc) is 2.92. The van der Waals surface area contributed by atoms with E-state index in [1.165, 1.54) is 48.1 Å². The number of methoxy groups -OCH3 is 1. The molecule has 0 unspecified atom stereocenters. The van der Waals surface area contributed by atoms with Crippen molar-refractivity contribution < 1.29 is 27.1 Å². The molecule has 2 heterocycles. The number of rotatable bonds is 9. The molecule has 11 heteroatoms. The number of fused-ring (bicyclic) bond motifs is 1. The predicted octanol–water partition coefficient (Wildman–Crippen LogP) is 4.30. The number of carbonyl (C=O) groups is 1. The van der Waals surface area contributed by atoms with Crippen molar-refractivity contribution in [1.29, 1.82) is 5.41 Å². The van der Waals surface area contributed by atoms with Crippen molar-refractivity contribution in [3.8, 4) is 5.88 Å². The van der Waals surface area contributed by atoms with Gasteiger partial charge in [-0.3, -0.25) is 4.79 Å². The van der Waals surface area contributed by atoms with Crippen LogP contribution < -0.4 is 10.1 Å².